The Morgan fingerprint density at radius 1 is 1.09 bits per heavy atom. The lowest BCUT2D eigenvalue weighted by molar-refractivity contribution is -0.157. The lowest BCUT2D eigenvalue weighted by Gasteiger charge is -2.31. The molecule has 0 unspecified atom stereocenters. The van der Waals surface area contributed by atoms with Crippen LogP contribution in [0, 0.1) is 18.3 Å². The van der Waals surface area contributed by atoms with E-state index in [0.29, 0.717) is 55.6 Å². The molecule has 1 fully saturated rings. The van der Waals surface area contributed by atoms with Crippen molar-refractivity contribution < 1.29 is 32.2 Å². The molecule has 1 aromatic carbocycles. The zero-order chi connectivity index (χ0) is 32.6. The van der Waals surface area contributed by atoms with E-state index in [1.165, 1.54) is 23.0 Å². The Balaban J connectivity index is 1.20. The number of aromatic nitrogens is 7. The van der Waals surface area contributed by atoms with E-state index >= 15 is 0 Å². The number of carbonyl (C=O) groups excluding carboxylic acids is 2. The van der Waals surface area contributed by atoms with Gasteiger partial charge in [-0.1, -0.05) is 11.3 Å². The number of nitrogens with zero attached hydrogens (tertiary/aromatic N) is 8. The van der Waals surface area contributed by atoms with E-state index in [1.54, 1.807) is 43.5 Å². The average Bonchev–Trinajstić information content (AvgIpc) is 3.62. The van der Waals surface area contributed by atoms with E-state index < -0.39 is 17.2 Å². The number of carbonyl (C=O) groups is 2. The molecule has 3 aromatic rings. The Labute approximate surface area is 259 Å². The number of piperidine rings is 1. The third kappa shape index (κ3) is 9.93. The number of halogens is 3. The van der Waals surface area contributed by atoms with Crippen LogP contribution < -0.4 is 0 Å². The third-order valence-corrected chi connectivity index (χ3v) is 7.47. The van der Waals surface area contributed by atoms with Gasteiger partial charge in [-0.15, -0.1) is 15.3 Å². The Morgan fingerprint density at radius 3 is 2.51 bits per heavy atom. The van der Waals surface area contributed by atoms with Crippen molar-refractivity contribution in [3.63, 3.8) is 0 Å². The lowest BCUT2D eigenvalue weighted by atomic mass is 9.94. The lowest BCUT2D eigenvalue weighted by Crippen LogP contribution is -2.37. The highest BCUT2D eigenvalue weighted by atomic mass is 19.4. The number of alkyl halides is 3. The molecule has 1 aliphatic heterocycles. The molecule has 0 aliphatic carbocycles. The summed E-state index contributed by atoms with van der Waals surface area (Å²) < 4.78 is 52.7. The van der Waals surface area contributed by atoms with Crippen molar-refractivity contribution in [1.82, 2.24) is 40.1 Å². The number of tetrazole rings is 1. The van der Waals surface area contributed by atoms with Gasteiger partial charge < -0.3 is 14.4 Å². The van der Waals surface area contributed by atoms with Crippen LogP contribution in [-0.4, -0.2) is 78.3 Å². The predicted molar refractivity (Wildman–Crippen MR) is 156 cm³/mol. The van der Waals surface area contributed by atoms with Crippen LogP contribution in [0.15, 0.2) is 30.5 Å². The van der Waals surface area contributed by atoms with Crippen LogP contribution in [0.2, 0.25) is 0 Å². The molecule has 45 heavy (non-hydrogen) atoms. The van der Waals surface area contributed by atoms with Gasteiger partial charge in [0.25, 0.3) is 0 Å². The molecule has 0 spiro atoms. The molecule has 3 heterocycles. The molecule has 4 rings (SSSR count). The first-order chi connectivity index (χ1) is 21.3. The first-order valence-electron chi connectivity index (χ1n) is 14.8. The molecular weight excluding hydrogens is 593 g/mol. The molecule has 244 valence electrons. The van der Waals surface area contributed by atoms with Crippen molar-refractivity contribution in [2.24, 2.45) is 11.3 Å². The van der Waals surface area contributed by atoms with Gasteiger partial charge in [0.1, 0.15) is 0 Å². The second-order valence-electron chi connectivity index (χ2n) is 12.1. The number of benzene rings is 1. The van der Waals surface area contributed by atoms with Crippen molar-refractivity contribution >= 4 is 18.0 Å². The van der Waals surface area contributed by atoms with Crippen molar-refractivity contribution in [1.29, 1.82) is 0 Å². The normalized spacial score (nSPS) is 14.8. The molecule has 1 aliphatic rings. The molecule has 0 radical (unpaired) electrons. The largest absolute Gasteiger partial charge is 0.442 e. The summed E-state index contributed by atoms with van der Waals surface area (Å²) in [5.41, 5.74) is 0.231. The van der Waals surface area contributed by atoms with Gasteiger partial charge in [0.05, 0.1) is 36.0 Å². The summed E-state index contributed by atoms with van der Waals surface area (Å²) >= 11 is 0. The van der Waals surface area contributed by atoms with Gasteiger partial charge >= 0.3 is 12.1 Å². The predicted octanol–water partition coefficient (Wildman–Crippen LogP) is 4.09. The van der Waals surface area contributed by atoms with Gasteiger partial charge in [-0.2, -0.15) is 18.0 Å². The molecule has 2 aromatic heterocycles. The third-order valence-electron chi connectivity index (χ3n) is 7.47. The molecule has 15 heteroatoms. The van der Waals surface area contributed by atoms with Crippen molar-refractivity contribution in [2.75, 3.05) is 26.3 Å². The zero-order valence-corrected chi connectivity index (χ0v) is 26.0. The topological polar surface area (TPSA) is 130 Å². The summed E-state index contributed by atoms with van der Waals surface area (Å²) in [6, 6.07) is 3.40. The van der Waals surface area contributed by atoms with Gasteiger partial charge in [0.2, 0.25) is 5.91 Å². The van der Waals surface area contributed by atoms with Crippen LogP contribution >= 0.6 is 0 Å². The van der Waals surface area contributed by atoms with Crippen molar-refractivity contribution in [3.8, 4) is 0 Å². The zero-order valence-electron chi connectivity index (χ0n) is 26.0. The van der Waals surface area contributed by atoms with Gasteiger partial charge in [-0.25, -0.2) is 4.68 Å². The smallest absolute Gasteiger partial charge is 0.416 e. The summed E-state index contributed by atoms with van der Waals surface area (Å²) in [5.74, 6) is 0.318. The highest BCUT2D eigenvalue weighted by Gasteiger charge is 2.31. The van der Waals surface area contributed by atoms with Gasteiger partial charge in [0, 0.05) is 32.2 Å². The maximum atomic E-state index is 13.3. The van der Waals surface area contributed by atoms with E-state index in [4.69, 9.17) is 9.47 Å². The minimum Gasteiger partial charge on any atom is -0.442 e. The second-order valence-corrected chi connectivity index (χ2v) is 12.1. The number of likely N-dealkylation sites (tertiary alicyclic amines) is 1. The quantitative estimate of drug-likeness (QED) is 0.165. The second kappa shape index (κ2) is 14.8. The molecule has 12 nitrogen and oxygen atoms in total. The fourth-order valence-corrected chi connectivity index (χ4v) is 4.78. The van der Waals surface area contributed by atoms with E-state index in [0.717, 1.165) is 37.1 Å². The first kappa shape index (κ1) is 33.7. The maximum absolute atomic E-state index is 13.3. The van der Waals surface area contributed by atoms with Crippen LogP contribution in [0.5, 0.6) is 0 Å². The van der Waals surface area contributed by atoms with E-state index in [-0.39, 0.29) is 25.2 Å². The van der Waals surface area contributed by atoms with Gasteiger partial charge in [0.15, 0.2) is 12.6 Å². The fourth-order valence-electron chi connectivity index (χ4n) is 4.78. The van der Waals surface area contributed by atoms with Crippen molar-refractivity contribution in [2.45, 2.75) is 72.8 Å². The van der Waals surface area contributed by atoms with Crippen LogP contribution in [-0.2, 0) is 44.9 Å². The number of esters is 1. The minimum absolute atomic E-state index is 0.00358. The number of ether oxygens (including phenoxy) is 2. The summed E-state index contributed by atoms with van der Waals surface area (Å²) in [5, 5.41) is 19.6. The van der Waals surface area contributed by atoms with Gasteiger partial charge in [-0.3, -0.25) is 9.59 Å². The number of amides is 1. The summed E-state index contributed by atoms with van der Waals surface area (Å²) in [4.78, 5) is 27.9. The Bertz CT molecular complexity index is 1470. The summed E-state index contributed by atoms with van der Waals surface area (Å²) in [6.07, 6.45) is 3.18. The molecule has 1 amide bonds. The number of hydrogen-bond donors (Lipinski definition) is 0. The van der Waals surface area contributed by atoms with Gasteiger partial charge in [-0.05, 0) is 87.4 Å². The first-order valence-corrected chi connectivity index (χ1v) is 14.8. The number of hydrogen-bond acceptors (Lipinski definition) is 9. The Hall–Kier alpha value is -4.14. The van der Waals surface area contributed by atoms with Crippen LogP contribution in [0.4, 0.5) is 13.2 Å². The highest BCUT2D eigenvalue weighted by Crippen LogP contribution is 2.31. The summed E-state index contributed by atoms with van der Waals surface area (Å²) in [6.45, 7) is 9.22. The minimum atomic E-state index is -4.50. The number of rotatable bonds is 12. The van der Waals surface area contributed by atoms with Crippen LogP contribution in [0.25, 0.3) is 6.08 Å². The Morgan fingerprint density at radius 2 is 1.84 bits per heavy atom. The number of aryl methyl sites for hydroxylation is 1. The van der Waals surface area contributed by atoms with Crippen LogP contribution in [0.3, 0.4) is 0 Å². The van der Waals surface area contributed by atoms with E-state index in [2.05, 4.69) is 25.7 Å². The Kier molecular flexibility index (Phi) is 11.1. The standard InChI is InChI=1S/C30H39F3N8O4/c1-21-35-38-41(36-21)19-24-17-25(30(31,32)33)7-5-23(24)6-8-27(42)39-13-9-22(10-14-39)11-15-44-16-12-26-18-34-37-40(26)20-45-28(43)29(2,3)4/h5-8,17-18,22H,9-16,19-20H2,1-4H3/b8-6+. The van der Waals surface area contributed by atoms with Crippen molar-refractivity contribution in [3.05, 3.63) is 58.7 Å². The summed E-state index contributed by atoms with van der Waals surface area (Å²) in [7, 11) is 0. The molecule has 1 saturated heterocycles. The SMILES string of the molecule is Cc1nnn(Cc2cc(C(F)(F)F)ccc2/C=C/C(=O)N2CCC(CCOCCc3cnnn3COC(=O)C(C)(C)C)CC2)n1. The van der Waals surface area contributed by atoms with E-state index in [1.807, 2.05) is 0 Å². The molecule has 0 saturated carbocycles. The highest BCUT2D eigenvalue weighted by molar-refractivity contribution is 5.92. The van der Waals surface area contributed by atoms with Crippen LogP contribution in [0.1, 0.15) is 68.2 Å². The molecule has 0 N–H and O–H groups in total. The molecule has 0 atom stereocenters. The monoisotopic (exact) mass is 632 g/mol. The fraction of sp³-hybridized carbons (Fsp3) is 0.567. The maximum Gasteiger partial charge on any atom is 0.416 e. The van der Waals surface area contributed by atoms with E-state index in [9.17, 15) is 22.8 Å². The average molecular weight is 633 g/mol. The molecule has 0 bridgehead atoms. The molecular formula is C30H39F3N8O4.